The summed E-state index contributed by atoms with van der Waals surface area (Å²) in [5.74, 6) is -1.71. The second-order valence-electron chi connectivity index (χ2n) is 2.36. The third kappa shape index (κ3) is 2.13. The third-order valence-corrected chi connectivity index (χ3v) is 2.49. The standard InChI is InChI=1S/C7H5ClF2O3S/c1-13-7-5(9)2-4(8)3-6(7)14(10,11)12/h2-3H,1H3. The van der Waals surface area contributed by atoms with Crippen molar-refractivity contribution in [2.45, 2.75) is 4.90 Å². The average Bonchev–Trinajstić information content (AvgIpc) is 2.01. The number of hydrogen-bond acceptors (Lipinski definition) is 3. The molecule has 1 rings (SSSR count). The highest BCUT2D eigenvalue weighted by molar-refractivity contribution is 7.86. The van der Waals surface area contributed by atoms with Crippen LogP contribution in [-0.4, -0.2) is 15.5 Å². The first kappa shape index (κ1) is 11.2. The lowest BCUT2D eigenvalue weighted by Crippen LogP contribution is -1.99. The topological polar surface area (TPSA) is 43.4 Å². The summed E-state index contributed by atoms with van der Waals surface area (Å²) >= 11 is 5.36. The summed E-state index contributed by atoms with van der Waals surface area (Å²) in [6, 6.07) is 1.61. The maximum absolute atomic E-state index is 13.0. The molecule has 0 spiro atoms. The van der Waals surface area contributed by atoms with Gasteiger partial charge in [0.1, 0.15) is 4.90 Å². The number of methoxy groups -OCH3 is 1. The van der Waals surface area contributed by atoms with Gasteiger partial charge in [-0.1, -0.05) is 11.6 Å². The summed E-state index contributed by atoms with van der Waals surface area (Å²) in [7, 11) is -4.01. The van der Waals surface area contributed by atoms with Gasteiger partial charge in [0.25, 0.3) is 0 Å². The number of ether oxygens (including phenoxy) is 1. The molecule has 0 saturated heterocycles. The van der Waals surface area contributed by atoms with Crippen molar-refractivity contribution in [3.05, 3.63) is 23.0 Å². The van der Waals surface area contributed by atoms with Crippen molar-refractivity contribution in [3.63, 3.8) is 0 Å². The monoisotopic (exact) mass is 242 g/mol. The molecule has 3 nitrogen and oxygen atoms in total. The Bertz CT molecular complexity index is 458. The lowest BCUT2D eigenvalue weighted by atomic mass is 10.3. The van der Waals surface area contributed by atoms with E-state index in [2.05, 4.69) is 4.74 Å². The van der Waals surface area contributed by atoms with Crippen molar-refractivity contribution in [1.82, 2.24) is 0 Å². The van der Waals surface area contributed by atoms with Gasteiger partial charge in [0.05, 0.1) is 7.11 Å². The van der Waals surface area contributed by atoms with Gasteiger partial charge in [-0.15, -0.1) is 3.89 Å². The van der Waals surface area contributed by atoms with Gasteiger partial charge in [-0.25, -0.2) is 4.39 Å². The molecular formula is C7H5ClF2O3S. The molecule has 7 heteroatoms. The van der Waals surface area contributed by atoms with Gasteiger partial charge in [-0.05, 0) is 12.1 Å². The molecule has 0 radical (unpaired) electrons. The van der Waals surface area contributed by atoms with Crippen molar-refractivity contribution in [3.8, 4) is 5.75 Å². The molecule has 0 aliphatic heterocycles. The van der Waals surface area contributed by atoms with E-state index in [4.69, 9.17) is 11.6 Å². The molecule has 1 aromatic rings. The van der Waals surface area contributed by atoms with Crippen molar-refractivity contribution < 1.29 is 21.4 Å². The molecular weight excluding hydrogens is 238 g/mol. The molecule has 0 saturated carbocycles. The predicted octanol–water partition coefficient (Wildman–Crippen LogP) is 2.15. The molecule has 0 N–H and O–H groups in total. The summed E-state index contributed by atoms with van der Waals surface area (Å²) in [5.41, 5.74) is 0. The van der Waals surface area contributed by atoms with Crippen LogP contribution in [0.25, 0.3) is 0 Å². The fourth-order valence-electron chi connectivity index (χ4n) is 0.916. The normalized spacial score (nSPS) is 11.4. The first-order chi connectivity index (χ1) is 6.36. The van der Waals surface area contributed by atoms with Crippen LogP contribution in [-0.2, 0) is 10.2 Å². The quantitative estimate of drug-likeness (QED) is 0.747. The second kappa shape index (κ2) is 3.70. The molecule has 0 aliphatic rings. The zero-order valence-corrected chi connectivity index (χ0v) is 8.49. The number of benzene rings is 1. The number of hydrogen-bond donors (Lipinski definition) is 0. The van der Waals surface area contributed by atoms with Crippen LogP contribution >= 0.6 is 11.6 Å². The third-order valence-electron chi connectivity index (χ3n) is 1.44. The highest BCUT2D eigenvalue weighted by atomic mass is 35.5. The maximum atomic E-state index is 13.0. The van der Waals surface area contributed by atoms with Gasteiger partial charge in [-0.2, -0.15) is 8.42 Å². The Morgan fingerprint density at radius 2 is 2.00 bits per heavy atom. The Hall–Kier alpha value is -0.880. The van der Waals surface area contributed by atoms with Crippen molar-refractivity contribution in [2.24, 2.45) is 0 Å². The molecule has 0 heterocycles. The molecule has 0 aliphatic carbocycles. The fourth-order valence-corrected chi connectivity index (χ4v) is 1.86. The molecule has 0 amide bonds. The van der Waals surface area contributed by atoms with Crippen LogP contribution in [0.15, 0.2) is 17.0 Å². The van der Waals surface area contributed by atoms with Gasteiger partial charge in [0.2, 0.25) is 0 Å². The zero-order valence-electron chi connectivity index (χ0n) is 6.92. The summed E-state index contributed by atoms with van der Waals surface area (Å²) in [5, 5.41) is -0.223. The Balaban J connectivity index is 3.56. The molecule has 1 aromatic carbocycles. The lowest BCUT2D eigenvalue weighted by Gasteiger charge is -2.06. The average molecular weight is 243 g/mol. The van der Waals surface area contributed by atoms with Crippen LogP contribution < -0.4 is 4.74 Å². The van der Waals surface area contributed by atoms with Crippen LogP contribution in [0.3, 0.4) is 0 Å². The molecule has 78 valence electrons. The van der Waals surface area contributed by atoms with E-state index in [1.54, 1.807) is 0 Å². The van der Waals surface area contributed by atoms with E-state index in [9.17, 15) is 16.7 Å². The molecule has 14 heavy (non-hydrogen) atoms. The van der Waals surface area contributed by atoms with Gasteiger partial charge in [0, 0.05) is 5.02 Å². The van der Waals surface area contributed by atoms with E-state index in [0.717, 1.165) is 19.2 Å². The van der Waals surface area contributed by atoms with Gasteiger partial charge >= 0.3 is 10.2 Å². The summed E-state index contributed by atoms with van der Waals surface area (Å²) in [4.78, 5) is -0.912. The van der Waals surface area contributed by atoms with Crippen LogP contribution in [0.1, 0.15) is 0 Å². The van der Waals surface area contributed by atoms with Gasteiger partial charge in [-0.3, -0.25) is 0 Å². The van der Waals surface area contributed by atoms with E-state index in [-0.39, 0.29) is 5.02 Å². The summed E-state index contributed by atoms with van der Waals surface area (Å²) < 4.78 is 51.1. The van der Waals surface area contributed by atoms with E-state index in [1.165, 1.54) is 0 Å². The molecule has 0 unspecified atom stereocenters. The second-order valence-corrected chi connectivity index (χ2v) is 4.11. The molecule has 0 fully saturated rings. The Morgan fingerprint density at radius 3 is 2.43 bits per heavy atom. The summed E-state index contributed by atoms with van der Waals surface area (Å²) in [6.45, 7) is 0. The minimum absolute atomic E-state index is 0.223. The molecule has 0 atom stereocenters. The number of halogens is 3. The summed E-state index contributed by atoms with van der Waals surface area (Å²) in [6.07, 6.45) is 0. The van der Waals surface area contributed by atoms with E-state index in [1.807, 2.05) is 0 Å². The van der Waals surface area contributed by atoms with Crippen LogP contribution in [0.5, 0.6) is 5.75 Å². The first-order valence-electron chi connectivity index (χ1n) is 3.34. The Labute approximate surface area is 84.5 Å². The van der Waals surface area contributed by atoms with E-state index in [0.29, 0.717) is 0 Å². The van der Waals surface area contributed by atoms with Crippen molar-refractivity contribution in [2.75, 3.05) is 7.11 Å². The predicted molar refractivity (Wildman–Crippen MR) is 46.3 cm³/mol. The Morgan fingerprint density at radius 1 is 1.43 bits per heavy atom. The first-order valence-corrected chi connectivity index (χ1v) is 5.10. The minimum atomic E-state index is -5.04. The van der Waals surface area contributed by atoms with Crippen LogP contribution in [0, 0.1) is 5.82 Å². The van der Waals surface area contributed by atoms with Crippen LogP contribution in [0.4, 0.5) is 8.28 Å². The molecule has 0 bridgehead atoms. The van der Waals surface area contributed by atoms with Crippen molar-refractivity contribution >= 4 is 21.8 Å². The molecule has 0 aromatic heterocycles. The maximum Gasteiger partial charge on any atom is 0.335 e. The highest BCUT2D eigenvalue weighted by Gasteiger charge is 2.22. The SMILES string of the molecule is COc1c(F)cc(Cl)cc1S(=O)(=O)F. The lowest BCUT2D eigenvalue weighted by molar-refractivity contribution is 0.373. The number of rotatable bonds is 2. The highest BCUT2D eigenvalue weighted by Crippen LogP contribution is 2.31. The van der Waals surface area contributed by atoms with Gasteiger partial charge < -0.3 is 4.74 Å². The van der Waals surface area contributed by atoms with Crippen LogP contribution in [0.2, 0.25) is 5.02 Å². The van der Waals surface area contributed by atoms with Crippen molar-refractivity contribution in [1.29, 1.82) is 0 Å². The largest absolute Gasteiger partial charge is 0.492 e. The fraction of sp³-hybridized carbons (Fsp3) is 0.143. The van der Waals surface area contributed by atoms with E-state index < -0.39 is 26.7 Å². The smallest absolute Gasteiger partial charge is 0.335 e. The minimum Gasteiger partial charge on any atom is -0.492 e. The van der Waals surface area contributed by atoms with Gasteiger partial charge in [0.15, 0.2) is 11.6 Å². The Kier molecular flexibility index (Phi) is 2.96. The zero-order chi connectivity index (χ0) is 10.9. The van der Waals surface area contributed by atoms with E-state index >= 15 is 0 Å².